The number of amides is 1. The number of hydrogen-bond donors (Lipinski definition) is 3. The van der Waals surface area contributed by atoms with Crippen LogP contribution in [0.2, 0.25) is 0 Å². The number of unbranched alkanes of at least 4 members (excludes halogenated alkanes) is 40. The Morgan fingerprint density at radius 1 is 0.429 bits per heavy atom. The average Bonchev–Trinajstić information content (AvgIpc) is 3.28. The molecule has 0 aromatic rings. The zero-order chi connectivity index (χ0) is 45.8. The van der Waals surface area contributed by atoms with Crippen molar-refractivity contribution >= 4 is 11.9 Å². The van der Waals surface area contributed by atoms with E-state index >= 15 is 0 Å². The maximum Gasteiger partial charge on any atom is 0.305 e. The summed E-state index contributed by atoms with van der Waals surface area (Å²) in [5.74, 6) is -0.0310. The van der Waals surface area contributed by atoms with E-state index in [2.05, 4.69) is 31.3 Å². The summed E-state index contributed by atoms with van der Waals surface area (Å²) in [6, 6.07) is -0.539. The molecule has 2 atom stereocenters. The Balaban J connectivity index is 3.35. The minimum absolute atomic E-state index is 0.00493. The zero-order valence-corrected chi connectivity index (χ0v) is 42.6. The molecular weight excluding hydrogens is 779 g/mol. The summed E-state index contributed by atoms with van der Waals surface area (Å²) in [6.45, 7) is 4.94. The van der Waals surface area contributed by atoms with Crippen molar-refractivity contribution in [3.8, 4) is 0 Å². The largest absolute Gasteiger partial charge is 0.466 e. The summed E-state index contributed by atoms with van der Waals surface area (Å²) >= 11 is 0. The highest BCUT2D eigenvalue weighted by molar-refractivity contribution is 5.76. The van der Waals surface area contributed by atoms with Crippen molar-refractivity contribution in [2.45, 2.75) is 328 Å². The predicted molar refractivity (Wildman–Crippen MR) is 273 cm³/mol. The molecule has 0 aliphatic rings. The fraction of sp³-hybridized carbons (Fsp3) is 0.930. The molecule has 0 saturated heterocycles. The van der Waals surface area contributed by atoms with Gasteiger partial charge in [-0.05, 0) is 51.4 Å². The maximum absolute atomic E-state index is 12.4. The third-order valence-corrected chi connectivity index (χ3v) is 13.3. The molecule has 1 amide bonds. The minimum Gasteiger partial charge on any atom is -0.466 e. The van der Waals surface area contributed by atoms with Crippen LogP contribution in [0.3, 0.4) is 0 Å². The Bertz CT molecular complexity index is 939. The molecule has 0 spiro atoms. The van der Waals surface area contributed by atoms with E-state index < -0.39 is 12.1 Å². The molecule has 6 heteroatoms. The maximum atomic E-state index is 12.4. The number of nitrogens with one attached hydrogen (secondary N) is 1. The fourth-order valence-electron chi connectivity index (χ4n) is 8.93. The zero-order valence-electron chi connectivity index (χ0n) is 42.6. The number of hydrogen-bond acceptors (Lipinski definition) is 5. The SMILES string of the molecule is CCCCCCC/C=C\CCCCCCCC(=O)OCCCCCCCCCCCCCCCCCCCCCCCCC(=O)NC(CO)C(O)CCCCCCCCCCCC. The number of carbonyl (C=O) groups excluding carboxylic acids is 2. The van der Waals surface area contributed by atoms with Gasteiger partial charge in [0.25, 0.3) is 0 Å². The van der Waals surface area contributed by atoms with Crippen LogP contribution in [0.25, 0.3) is 0 Å². The van der Waals surface area contributed by atoms with E-state index in [0.29, 0.717) is 25.9 Å². The van der Waals surface area contributed by atoms with E-state index in [1.54, 1.807) is 0 Å². The van der Waals surface area contributed by atoms with Crippen molar-refractivity contribution < 1.29 is 24.5 Å². The molecule has 6 nitrogen and oxygen atoms in total. The van der Waals surface area contributed by atoms with E-state index in [0.717, 1.165) is 44.9 Å². The fourth-order valence-corrected chi connectivity index (χ4v) is 8.93. The summed E-state index contributed by atoms with van der Waals surface area (Å²) in [5, 5.41) is 23.1. The lowest BCUT2D eigenvalue weighted by Gasteiger charge is -2.22. The summed E-state index contributed by atoms with van der Waals surface area (Å²) in [4.78, 5) is 24.4. The second-order valence-electron chi connectivity index (χ2n) is 19.6. The van der Waals surface area contributed by atoms with E-state index in [4.69, 9.17) is 4.74 Å². The van der Waals surface area contributed by atoms with Crippen molar-refractivity contribution in [1.82, 2.24) is 5.32 Å². The number of carbonyl (C=O) groups is 2. The molecular formula is C57H111NO5. The Hall–Kier alpha value is -1.40. The molecule has 374 valence electrons. The first-order valence-corrected chi connectivity index (χ1v) is 28.4. The van der Waals surface area contributed by atoms with Gasteiger partial charge in [-0.1, -0.05) is 264 Å². The number of aliphatic hydroxyl groups excluding tert-OH is 2. The molecule has 0 bridgehead atoms. The monoisotopic (exact) mass is 890 g/mol. The quantitative estimate of drug-likeness (QED) is 0.0321. The standard InChI is InChI=1S/C57H111NO5/c1-3-5-7-9-11-13-15-16-28-31-35-39-43-47-51-57(62)63-52-48-44-40-36-32-29-26-24-22-20-18-17-19-21-23-25-27-30-34-38-42-46-50-56(61)58-54(53-59)55(60)49-45-41-37-33-14-12-10-8-6-4-2/h15-16,54-55,59-60H,3-14,17-53H2,1-2H3,(H,58,61)/b16-15-. The lowest BCUT2D eigenvalue weighted by Crippen LogP contribution is -2.45. The molecule has 0 aliphatic heterocycles. The van der Waals surface area contributed by atoms with Crippen LogP contribution < -0.4 is 5.32 Å². The highest BCUT2D eigenvalue weighted by Crippen LogP contribution is 2.17. The van der Waals surface area contributed by atoms with Crippen LogP contribution in [0, 0.1) is 0 Å². The van der Waals surface area contributed by atoms with Gasteiger partial charge in [0, 0.05) is 12.8 Å². The van der Waals surface area contributed by atoms with Crippen LogP contribution in [-0.2, 0) is 14.3 Å². The van der Waals surface area contributed by atoms with E-state index in [-0.39, 0.29) is 18.5 Å². The normalized spacial score (nSPS) is 12.6. The Morgan fingerprint density at radius 2 is 0.746 bits per heavy atom. The Morgan fingerprint density at radius 3 is 1.13 bits per heavy atom. The van der Waals surface area contributed by atoms with Gasteiger partial charge >= 0.3 is 5.97 Å². The number of esters is 1. The number of aliphatic hydroxyl groups is 2. The number of allylic oxidation sites excluding steroid dienone is 2. The van der Waals surface area contributed by atoms with Crippen molar-refractivity contribution in [3.05, 3.63) is 12.2 Å². The lowest BCUT2D eigenvalue weighted by atomic mass is 10.0. The van der Waals surface area contributed by atoms with Gasteiger partial charge in [0.2, 0.25) is 5.91 Å². The number of rotatable bonds is 53. The van der Waals surface area contributed by atoms with Crippen molar-refractivity contribution in [3.63, 3.8) is 0 Å². The highest BCUT2D eigenvalue weighted by Gasteiger charge is 2.20. The molecule has 0 aliphatic carbocycles. The van der Waals surface area contributed by atoms with E-state index in [1.807, 2.05) is 0 Å². The molecule has 0 fully saturated rings. The molecule has 0 radical (unpaired) electrons. The third-order valence-electron chi connectivity index (χ3n) is 13.3. The summed E-state index contributed by atoms with van der Waals surface area (Å²) in [7, 11) is 0. The first-order chi connectivity index (χ1) is 31.0. The Labute approximate surface area is 393 Å². The van der Waals surface area contributed by atoms with Gasteiger partial charge in [-0.3, -0.25) is 9.59 Å². The molecule has 0 heterocycles. The van der Waals surface area contributed by atoms with Crippen LogP contribution in [0.1, 0.15) is 316 Å². The van der Waals surface area contributed by atoms with Gasteiger partial charge in [0.05, 0.1) is 25.4 Å². The van der Waals surface area contributed by atoms with Crippen molar-refractivity contribution in [2.75, 3.05) is 13.2 Å². The topological polar surface area (TPSA) is 95.9 Å². The number of ether oxygens (including phenoxy) is 1. The second kappa shape index (κ2) is 53.2. The van der Waals surface area contributed by atoms with Crippen LogP contribution in [-0.4, -0.2) is 47.4 Å². The minimum atomic E-state index is -0.661. The molecule has 63 heavy (non-hydrogen) atoms. The van der Waals surface area contributed by atoms with Crippen molar-refractivity contribution in [2.24, 2.45) is 0 Å². The molecule has 0 saturated carbocycles. The van der Waals surface area contributed by atoms with Crippen molar-refractivity contribution in [1.29, 1.82) is 0 Å². The summed E-state index contributed by atoms with van der Waals surface area (Å²) in [5.41, 5.74) is 0. The van der Waals surface area contributed by atoms with Gasteiger partial charge in [-0.25, -0.2) is 0 Å². The molecule has 0 aromatic carbocycles. The van der Waals surface area contributed by atoms with Crippen LogP contribution in [0.5, 0.6) is 0 Å². The van der Waals surface area contributed by atoms with E-state index in [1.165, 1.54) is 238 Å². The average molecular weight is 891 g/mol. The van der Waals surface area contributed by atoms with Gasteiger partial charge in [0.15, 0.2) is 0 Å². The van der Waals surface area contributed by atoms with Gasteiger partial charge in [-0.2, -0.15) is 0 Å². The first kappa shape index (κ1) is 61.6. The van der Waals surface area contributed by atoms with Gasteiger partial charge in [0.1, 0.15) is 0 Å². The first-order valence-electron chi connectivity index (χ1n) is 28.4. The molecule has 0 rings (SSSR count). The molecule has 2 unspecified atom stereocenters. The summed E-state index contributed by atoms with van der Waals surface area (Å²) in [6.07, 6.45) is 62.1. The van der Waals surface area contributed by atoms with Crippen LogP contribution in [0.15, 0.2) is 12.2 Å². The van der Waals surface area contributed by atoms with Crippen LogP contribution in [0.4, 0.5) is 0 Å². The molecule has 3 N–H and O–H groups in total. The second-order valence-corrected chi connectivity index (χ2v) is 19.6. The summed E-state index contributed by atoms with van der Waals surface area (Å²) < 4.78 is 5.47. The van der Waals surface area contributed by atoms with Gasteiger partial charge < -0.3 is 20.3 Å². The van der Waals surface area contributed by atoms with Crippen LogP contribution >= 0.6 is 0 Å². The Kier molecular flexibility index (Phi) is 52.0. The highest BCUT2D eigenvalue weighted by atomic mass is 16.5. The predicted octanol–water partition coefficient (Wildman–Crippen LogP) is 17.3. The lowest BCUT2D eigenvalue weighted by molar-refractivity contribution is -0.143. The van der Waals surface area contributed by atoms with Gasteiger partial charge in [-0.15, -0.1) is 0 Å². The molecule has 0 aromatic heterocycles. The van der Waals surface area contributed by atoms with E-state index in [9.17, 15) is 19.8 Å². The smallest absolute Gasteiger partial charge is 0.305 e. The third kappa shape index (κ3) is 49.9.